The molecule has 0 saturated heterocycles. The molecule has 3 rings (SSSR count). The molecule has 2 unspecified atom stereocenters. The predicted octanol–water partition coefficient (Wildman–Crippen LogP) is 4.46. The Kier molecular flexibility index (Phi) is 4.04. The Morgan fingerprint density at radius 1 is 1.35 bits per heavy atom. The van der Waals surface area contributed by atoms with E-state index in [0.29, 0.717) is 12.1 Å². The molecule has 2 aromatic rings. The van der Waals surface area contributed by atoms with Crippen molar-refractivity contribution >= 4 is 11.6 Å². The molecule has 0 bridgehead atoms. The molecule has 0 saturated carbocycles. The Hall–Kier alpha value is -1.38. The van der Waals surface area contributed by atoms with Gasteiger partial charge in [0.2, 0.25) is 0 Å². The highest BCUT2D eigenvalue weighted by atomic mass is 35.5. The summed E-state index contributed by atoms with van der Waals surface area (Å²) in [6, 6.07) is 13.0. The summed E-state index contributed by atoms with van der Waals surface area (Å²) in [6.45, 7) is 2.20. The first-order valence-electron chi connectivity index (χ1n) is 7.23. The number of fused-ring (bicyclic) bond motifs is 1. The van der Waals surface area contributed by atoms with E-state index in [2.05, 4.69) is 35.4 Å². The molecule has 20 heavy (non-hydrogen) atoms. The minimum atomic E-state index is 0.326. The van der Waals surface area contributed by atoms with Crippen LogP contribution in [-0.2, 0) is 6.42 Å². The fourth-order valence-electron chi connectivity index (χ4n) is 2.99. The minimum absolute atomic E-state index is 0.326. The van der Waals surface area contributed by atoms with Crippen molar-refractivity contribution in [2.24, 2.45) is 0 Å². The van der Waals surface area contributed by atoms with E-state index in [1.165, 1.54) is 16.8 Å². The molecule has 3 heteroatoms. The number of benzene rings is 1. The number of nitrogens with one attached hydrogen (secondary N) is 1. The maximum absolute atomic E-state index is 6.10. The standard InChI is InChI=1S/C17H19ClN2/c1-2-15(13-5-3-7-14(18)11-13)20-16-9-8-12-6-4-10-19-17(12)16/h3-7,10-11,15-16,20H,2,8-9H2,1H3. The molecule has 1 aromatic carbocycles. The highest BCUT2D eigenvalue weighted by Crippen LogP contribution is 2.32. The summed E-state index contributed by atoms with van der Waals surface area (Å²) in [6.07, 6.45) is 5.18. The lowest BCUT2D eigenvalue weighted by atomic mass is 10.0. The summed E-state index contributed by atoms with van der Waals surface area (Å²) >= 11 is 6.10. The molecular weight excluding hydrogens is 268 g/mol. The number of rotatable bonds is 4. The van der Waals surface area contributed by atoms with Crippen molar-refractivity contribution in [1.29, 1.82) is 0 Å². The highest BCUT2D eigenvalue weighted by Gasteiger charge is 2.25. The molecular formula is C17H19ClN2. The van der Waals surface area contributed by atoms with Crippen molar-refractivity contribution in [1.82, 2.24) is 10.3 Å². The maximum atomic E-state index is 6.10. The lowest BCUT2D eigenvalue weighted by molar-refractivity contribution is 0.428. The van der Waals surface area contributed by atoms with Crippen LogP contribution in [0.15, 0.2) is 42.6 Å². The van der Waals surface area contributed by atoms with Crippen LogP contribution in [0.1, 0.15) is 48.7 Å². The summed E-state index contributed by atoms with van der Waals surface area (Å²) in [5.74, 6) is 0. The van der Waals surface area contributed by atoms with Crippen LogP contribution in [0.5, 0.6) is 0 Å². The van der Waals surface area contributed by atoms with Crippen molar-refractivity contribution < 1.29 is 0 Å². The third kappa shape index (κ3) is 2.72. The smallest absolute Gasteiger partial charge is 0.0605 e. The molecule has 104 valence electrons. The van der Waals surface area contributed by atoms with E-state index < -0.39 is 0 Å². The van der Waals surface area contributed by atoms with Crippen LogP contribution in [0.3, 0.4) is 0 Å². The number of aromatic nitrogens is 1. The van der Waals surface area contributed by atoms with Gasteiger partial charge in [-0.2, -0.15) is 0 Å². The Labute approximate surface area is 125 Å². The van der Waals surface area contributed by atoms with Crippen molar-refractivity contribution in [3.8, 4) is 0 Å². The van der Waals surface area contributed by atoms with Gasteiger partial charge in [-0.05, 0) is 48.6 Å². The van der Waals surface area contributed by atoms with E-state index in [1.54, 1.807) is 0 Å². The molecule has 1 aliphatic rings. The van der Waals surface area contributed by atoms with Crippen LogP contribution >= 0.6 is 11.6 Å². The SMILES string of the molecule is CCC(NC1CCc2cccnc21)c1cccc(Cl)c1. The first kappa shape index (κ1) is 13.6. The quantitative estimate of drug-likeness (QED) is 0.897. The normalized spacial score (nSPS) is 18.8. The summed E-state index contributed by atoms with van der Waals surface area (Å²) < 4.78 is 0. The lowest BCUT2D eigenvalue weighted by Gasteiger charge is -2.22. The zero-order valence-electron chi connectivity index (χ0n) is 11.6. The van der Waals surface area contributed by atoms with Gasteiger partial charge in [0, 0.05) is 17.3 Å². The van der Waals surface area contributed by atoms with E-state index in [1.807, 2.05) is 24.4 Å². The third-order valence-corrected chi connectivity index (χ3v) is 4.26. The van der Waals surface area contributed by atoms with E-state index >= 15 is 0 Å². The van der Waals surface area contributed by atoms with E-state index in [-0.39, 0.29) is 0 Å². The summed E-state index contributed by atoms with van der Waals surface area (Å²) in [4.78, 5) is 4.55. The second-order valence-corrected chi connectivity index (χ2v) is 5.76. The molecule has 0 radical (unpaired) electrons. The monoisotopic (exact) mass is 286 g/mol. The van der Waals surface area contributed by atoms with Gasteiger partial charge in [-0.15, -0.1) is 0 Å². The Bertz CT molecular complexity index is 597. The molecule has 0 fully saturated rings. The van der Waals surface area contributed by atoms with Gasteiger partial charge in [-0.1, -0.05) is 36.7 Å². The molecule has 1 aliphatic carbocycles. The summed E-state index contributed by atoms with van der Waals surface area (Å²) in [5.41, 5.74) is 3.85. The zero-order chi connectivity index (χ0) is 13.9. The number of hydrogen-bond donors (Lipinski definition) is 1. The zero-order valence-corrected chi connectivity index (χ0v) is 12.4. The molecule has 1 N–H and O–H groups in total. The van der Waals surface area contributed by atoms with E-state index in [0.717, 1.165) is 24.3 Å². The van der Waals surface area contributed by atoms with Crippen molar-refractivity contribution in [2.75, 3.05) is 0 Å². The van der Waals surface area contributed by atoms with Gasteiger partial charge in [0.05, 0.1) is 11.7 Å². The van der Waals surface area contributed by atoms with Crippen LogP contribution in [0, 0.1) is 0 Å². The van der Waals surface area contributed by atoms with Crippen molar-refractivity contribution in [3.05, 3.63) is 64.4 Å². The Balaban J connectivity index is 1.80. The highest BCUT2D eigenvalue weighted by molar-refractivity contribution is 6.30. The fourth-order valence-corrected chi connectivity index (χ4v) is 3.19. The van der Waals surface area contributed by atoms with Gasteiger partial charge in [0.15, 0.2) is 0 Å². The van der Waals surface area contributed by atoms with Crippen molar-refractivity contribution in [2.45, 2.75) is 38.3 Å². The number of nitrogens with zero attached hydrogens (tertiary/aromatic N) is 1. The first-order valence-corrected chi connectivity index (χ1v) is 7.61. The topological polar surface area (TPSA) is 24.9 Å². The van der Waals surface area contributed by atoms with Crippen LogP contribution in [-0.4, -0.2) is 4.98 Å². The van der Waals surface area contributed by atoms with Gasteiger partial charge in [-0.3, -0.25) is 4.98 Å². The largest absolute Gasteiger partial charge is 0.302 e. The van der Waals surface area contributed by atoms with Gasteiger partial charge in [-0.25, -0.2) is 0 Å². The molecule has 2 nitrogen and oxygen atoms in total. The second-order valence-electron chi connectivity index (χ2n) is 5.32. The second kappa shape index (κ2) is 5.94. The molecule has 2 atom stereocenters. The number of aryl methyl sites for hydroxylation is 1. The minimum Gasteiger partial charge on any atom is -0.302 e. The number of halogens is 1. The van der Waals surface area contributed by atoms with Crippen LogP contribution in [0.2, 0.25) is 5.02 Å². The fraction of sp³-hybridized carbons (Fsp3) is 0.353. The third-order valence-electron chi connectivity index (χ3n) is 4.02. The van der Waals surface area contributed by atoms with Crippen LogP contribution < -0.4 is 5.32 Å². The van der Waals surface area contributed by atoms with Gasteiger partial charge in [0.25, 0.3) is 0 Å². The lowest BCUT2D eigenvalue weighted by Crippen LogP contribution is -2.25. The average molecular weight is 287 g/mol. The van der Waals surface area contributed by atoms with E-state index in [4.69, 9.17) is 11.6 Å². The van der Waals surface area contributed by atoms with Gasteiger partial charge >= 0.3 is 0 Å². The predicted molar refractivity (Wildman–Crippen MR) is 82.9 cm³/mol. The summed E-state index contributed by atoms with van der Waals surface area (Å²) in [7, 11) is 0. The molecule has 0 spiro atoms. The van der Waals surface area contributed by atoms with Gasteiger partial charge in [0.1, 0.15) is 0 Å². The molecule has 1 aromatic heterocycles. The van der Waals surface area contributed by atoms with Gasteiger partial charge < -0.3 is 5.32 Å². The first-order chi connectivity index (χ1) is 9.78. The van der Waals surface area contributed by atoms with Crippen LogP contribution in [0.25, 0.3) is 0 Å². The van der Waals surface area contributed by atoms with Crippen LogP contribution in [0.4, 0.5) is 0 Å². The number of pyridine rings is 1. The maximum Gasteiger partial charge on any atom is 0.0605 e. The molecule has 0 aliphatic heterocycles. The summed E-state index contributed by atoms with van der Waals surface area (Å²) in [5, 5.41) is 4.54. The van der Waals surface area contributed by atoms with E-state index in [9.17, 15) is 0 Å². The van der Waals surface area contributed by atoms with Crippen molar-refractivity contribution in [3.63, 3.8) is 0 Å². The molecule has 0 amide bonds. The molecule has 1 heterocycles. The Morgan fingerprint density at radius 2 is 2.25 bits per heavy atom. The average Bonchev–Trinajstić information content (AvgIpc) is 2.88. The number of hydrogen-bond acceptors (Lipinski definition) is 2. The Morgan fingerprint density at radius 3 is 3.05 bits per heavy atom.